The zero-order chi connectivity index (χ0) is 26.8. The summed E-state index contributed by atoms with van der Waals surface area (Å²) in [5.74, 6) is 1.19. The summed E-state index contributed by atoms with van der Waals surface area (Å²) in [5, 5.41) is 17.3. The molecule has 0 aromatic carbocycles. The largest absolute Gasteiger partial charge is 0.497 e. The highest BCUT2D eigenvalue weighted by molar-refractivity contribution is 6.30. The second-order valence-electron chi connectivity index (χ2n) is 9.13. The van der Waals surface area contributed by atoms with Crippen LogP contribution in [0, 0.1) is 0 Å². The molecule has 12 nitrogen and oxygen atoms in total. The fourth-order valence-corrected chi connectivity index (χ4v) is 4.36. The molecule has 1 aliphatic heterocycles. The van der Waals surface area contributed by atoms with Crippen molar-refractivity contribution in [2.24, 2.45) is 0 Å². The van der Waals surface area contributed by atoms with E-state index in [-0.39, 0.29) is 18.4 Å². The van der Waals surface area contributed by atoms with Crippen LogP contribution in [0.25, 0.3) is 22.6 Å². The van der Waals surface area contributed by atoms with Gasteiger partial charge in [0.2, 0.25) is 5.91 Å². The van der Waals surface area contributed by atoms with Crippen molar-refractivity contribution in [3.05, 3.63) is 53.8 Å². The number of hydrogen-bond donors (Lipinski definition) is 3. The van der Waals surface area contributed by atoms with Crippen molar-refractivity contribution in [3.8, 4) is 17.1 Å². The van der Waals surface area contributed by atoms with Gasteiger partial charge in [0.05, 0.1) is 30.7 Å². The van der Waals surface area contributed by atoms with Crippen LogP contribution in [0.1, 0.15) is 32.2 Å². The van der Waals surface area contributed by atoms with E-state index in [1.54, 1.807) is 36.2 Å². The second kappa shape index (κ2) is 10.9. The van der Waals surface area contributed by atoms with Crippen LogP contribution in [0.5, 0.6) is 5.75 Å². The first-order valence-corrected chi connectivity index (χ1v) is 12.4. The van der Waals surface area contributed by atoms with Gasteiger partial charge in [-0.15, -0.1) is 0 Å². The third kappa shape index (κ3) is 5.37. The Morgan fingerprint density at radius 3 is 2.89 bits per heavy atom. The number of carbonyl (C=O) groups is 1. The quantitative estimate of drug-likeness (QED) is 0.305. The van der Waals surface area contributed by atoms with Gasteiger partial charge in [-0.1, -0.05) is 11.6 Å². The van der Waals surface area contributed by atoms with E-state index >= 15 is 0 Å². The molecule has 3 N–H and O–H groups in total. The molecule has 5 heterocycles. The number of aliphatic hydroxyl groups is 1. The lowest BCUT2D eigenvalue weighted by Crippen LogP contribution is -2.38. The molecule has 3 atom stereocenters. The molecular formula is C25H27ClN8O4. The maximum Gasteiger partial charge on any atom is 0.249 e. The van der Waals surface area contributed by atoms with Crippen molar-refractivity contribution in [1.29, 1.82) is 0 Å². The van der Waals surface area contributed by atoms with Gasteiger partial charge in [-0.3, -0.25) is 19.3 Å². The number of halogens is 1. The summed E-state index contributed by atoms with van der Waals surface area (Å²) in [6.45, 7) is 4.06. The molecule has 0 spiro atoms. The number of ether oxygens (including phenoxy) is 2. The molecule has 1 saturated heterocycles. The van der Waals surface area contributed by atoms with E-state index in [4.69, 9.17) is 26.1 Å². The molecule has 198 valence electrons. The van der Waals surface area contributed by atoms with Crippen LogP contribution in [0.15, 0.2) is 43.1 Å². The molecule has 0 aliphatic carbocycles. The first-order chi connectivity index (χ1) is 18.3. The number of pyridine rings is 2. The highest BCUT2D eigenvalue weighted by Crippen LogP contribution is 2.33. The molecule has 0 radical (unpaired) electrons. The van der Waals surface area contributed by atoms with Crippen LogP contribution in [0.2, 0.25) is 5.02 Å². The summed E-state index contributed by atoms with van der Waals surface area (Å²) in [7, 11) is 1.59. The lowest BCUT2D eigenvalue weighted by Gasteiger charge is -2.18. The molecule has 0 bridgehead atoms. The molecule has 38 heavy (non-hydrogen) atoms. The lowest BCUT2D eigenvalue weighted by molar-refractivity contribution is -0.135. The minimum absolute atomic E-state index is 0.0503. The Morgan fingerprint density at radius 1 is 1.29 bits per heavy atom. The molecule has 4 aromatic rings. The van der Waals surface area contributed by atoms with Gasteiger partial charge < -0.3 is 25.2 Å². The number of aliphatic hydroxyl groups excluding tert-OH is 1. The van der Waals surface area contributed by atoms with Gasteiger partial charge in [0, 0.05) is 42.7 Å². The standard InChI is InChI=1S/C25H27ClN8O4/c1-13(2)31-24(36)19-8-18(35)25(38-19)34-12-30-20-22(29-11-16-7-17(37-3)4-5-28-16)32-21(33-23(20)34)14-6-15(26)10-27-9-14/h4-7,9-10,12-13,18-19,25,35H,8,11H2,1-3H3,(H,31,36)(H,29,32,33)/t18-,19+,25-/m1/s1. The van der Waals surface area contributed by atoms with Crippen molar-refractivity contribution >= 4 is 34.5 Å². The van der Waals surface area contributed by atoms with Gasteiger partial charge in [-0.05, 0) is 26.0 Å². The second-order valence-corrected chi connectivity index (χ2v) is 9.57. The Labute approximate surface area is 223 Å². The number of anilines is 1. The highest BCUT2D eigenvalue weighted by Gasteiger charge is 2.40. The van der Waals surface area contributed by atoms with Gasteiger partial charge in [-0.25, -0.2) is 15.0 Å². The number of nitrogens with zero attached hydrogens (tertiary/aromatic N) is 6. The SMILES string of the molecule is COc1ccnc(CNc2nc(-c3cncc(Cl)c3)nc3c2ncn3[C@@H]2O[C@H](C(=O)NC(C)C)C[C@H]2O)c1. The molecular weight excluding hydrogens is 512 g/mol. The number of hydrogen-bond acceptors (Lipinski definition) is 10. The number of rotatable bonds is 8. The molecule has 1 fully saturated rings. The third-order valence-corrected chi connectivity index (χ3v) is 6.14. The van der Waals surface area contributed by atoms with Gasteiger partial charge in [0.15, 0.2) is 29.0 Å². The Morgan fingerprint density at radius 2 is 2.13 bits per heavy atom. The number of fused-ring (bicyclic) bond motifs is 1. The molecule has 4 aromatic heterocycles. The predicted molar refractivity (Wildman–Crippen MR) is 139 cm³/mol. The summed E-state index contributed by atoms with van der Waals surface area (Å²) in [4.78, 5) is 34.9. The highest BCUT2D eigenvalue weighted by atomic mass is 35.5. The summed E-state index contributed by atoms with van der Waals surface area (Å²) >= 11 is 6.17. The van der Waals surface area contributed by atoms with Gasteiger partial charge in [0.1, 0.15) is 18.0 Å². The van der Waals surface area contributed by atoms with Crippen molar-refractivity contribution < 1.29 is 19.4 Å². The molecule has 1 amide bonds. The summed E-state index contributed by atoms with van der Waals surface area (Å²) in [5.41, 5.74) is 2.19. The first kappa shape index (κ1) is 25.8. The Bertz CT molecular complexity index is 1460. The molecule has 13 heteroatoms. The zero-order valence-electron chi connectivity index (χ0n) is 21.0. The topological polar surface area (TPSA) is 149 Å². The lowest BCUT2D eigenvalue weighted by atomic mass is 10.2. The zero-order valence-corrected chi connectivity index (χ0v) is 21.8. The van der Waals surface area contributed by atoms with Crippen LogP contribution in [0.4, 0.5) is 5.82 Å². The van der Waals surface area contributed by atoms with E-state index in [0.29, 0.717) is 45.7 Å². The predicted octanol–water partition coefficient (Wildman–Crippen LogP) is 2.73. The van der Waals surface area contributed by atoms with Gasteiger partial charge >= 0.3 is 0 Å². The monoisotopic (exact) mass is 538 g/mol. The maximum absolute atomic E-state index is 12.5. The van der Waals surface area contributed by atoms with Crippen LogP contribution in [-0.4, -0.2) is 65.9 Å². The molecule has 0 saturated carbocycles. The summed E-state index contributed by atoms with van der Waals surface area (Å²) < 4.78 is 12.9. The van der Waals surface area contributed by atoms with Crippen LogP contribution in [-0.2, 0) is 16.1 Å². The van der Waals surface area contributed by atoms with Crippen LogP contribution < -0.4 is 15.4 Å². The van der Waals surface area contributed by atoms with E-state index in [1.807, 2.05) is 19.9 Å². The number of methoxy groups -OCH3 is 1. The minimum Gasteiger partial charge on any atom is -0.497 e. The fraction of sp³-hybridized carbons (Fsp3) is 0.360. The van der Waals surface area contributed by atoms with E-state index in [0.717, 1.165) is 5.69 Å². The first-order valence-electron chi connectivity index (χ1n) is 12.0. The van der Waals surface area contributed by atoms with E-state index in [1.165, 1.54) is 12.5 Å². The molecule has 0 unspecified atom stereocenters. The number of aromatic nitrogens is 6. The number of carbonyl (C=O) groups excluding carboxylic acids is 1. The van der Waals surface area contributed by atoms with Crippen LogP contribution >= 0.6 is 11.6 Å². The number of nitrogens with one attached hydrogen (secondary N) is 2. The van der Waals surface area contributed by atoms with E-state index in [2.05, 4.69) is 30.6 Å². The van der Waals surface area contributed by atoms with Crippen molar-refractivity contribution in [3.63, 3.8) is 0 Å². The number of imidazole rings is 1. The van der Waals surface area contributed by atoms with Crippen molar-refractivity contribution in [2.75, 3.05) is 12.4 Å². The minimum atomic E-state index is -0.945. The normalized spacial score (nSPS) is 19.2. The Balaban J connectivity index is 1.52. The van der Waals surface area contributed by atoms with E-state index < -0.39 is 18.4 Å². The average molecular weight is 539 g/mol. The van der Waals surface area contributed by atoms with Gasteiger partial charge in [0.25, 0.3) is 0 Å². The van der Waals surface area contributed by atoms with Gasteiger partial charge in [-0.2, -0.15) is 0 Å². The molecule has 5 rings (SSSR count). The van der Waals surface area contributed by atoms with Crippen molar-refractivity contribution in [2.45, 2.75) is 51.3 Å². The fourth-order valence-electron chi connectivity index (χ4n) is 4.19. The smallest absolute Gasteiger partial charge is 0.249 e. The molecule has 1 aliphatic rings. The third-order valence-electron chi connectivity index (χ3n) is 5.93. The van der Waals surface area contributed by atoms with Crippen LogP contribution in [0.3, 0.4) is 0 Å². The van der Waals surface area contributed by atoms with Crippen molar-refractivity contribution in [1.82, 2.24) is 34.8 Å². The van der Waals surface area contributed by atoms with E-state index in [9.17, 15) is 9.90 Å². The summed E-state index contributed by atoms with van der Waals surface area (Å²) in [6.07, 6.45) is 3.84. The Kier molecular flexibility index (Phi) is 7.36. The maximum atomic E-state index is 12.5. The average Bonchev–Trinajstić information content (AvgIpc) is 3.50. The number of amides is 1. The Hall–Kier alpha value is -3.87. The summed E-state index contributed by atoms with van der Waals surface area (Å²) in [6, 6.07) is 5.24.